The predicted octanol–water partition coefficient (Wildman–Crippen LogP) is 4.65. The number of hydrogen-bond acceptors (Lipinski definition) is 3. The van der Waals surface area contributed by atoms with Crippen LogP contribution in [0.5, 0.6) is 5.75 Å². The van der Waals surface area contributed by atoms with E-state index in [2.05, 4.69) is 36.6 Å². The maximum absolute atomic E-state index is 12.4. The topological polar surface area (TPSA) is 50.4 Å². The van der Waals surface area contributed by atoms with Gasteiger partial charge in [0.2, 0.25) is 5.91 Å². The van der Waals surface area contributed by atoms with Crippen molar-refractivity contribution in [1.29, 1.82) is 0 Å². The number of carbonyl (C=O) groups is 1. The van der Waals surface area contributed by atoms with E-state index < -0.39 is 0 Å². The van der Waals surface area contributed by atoms with E-state index in [4.69, 9.17) is 4.74 Å². The number of rotatable bonds is 7. The van der Waals surface area contributed by atoms with Gasteiger partial charge in [0.15, 0.2) is 0 Å². The Morgan fingerprint density at radius 2 is 1.75 bits per heavy atom. The zero-order valence-corrected chi connectivity index (χ0v) is 14.8. The fourth-order valence-corrected chi connectivity index (χ4v) is 2.45. The van der Waals surface area contributed by atoms with E-state index >= 15 is 0 Å². The highest BCUT2D eigenvalue weighted by atomic mass is 16.5. The number of amides is 1. The molecule has 4 nitrogen and oxygen atoms in total. The van der Waals surface area contributed by atoms with Crippen LogP contribution in [0.15, 0.2) is 48.5 Å². The second-order valence-corrected chi connectivity index (χ2v) is 5.99. The molecule has 2 rings (SSSR count). The lowest BCUT2D eigenvalue weighted by molar-refractivity contribution is -0.116. The summed E-state index contributed by atoms with van der Waals surface area (Å²) in [6, 6.07) is 15.3. The standard InChI is InChI=1S/C20H26N2O2/c1-5-14(2)16-10-12-17(13-11-16)21-15(3)20(23)22-18-8-6-7-9-19(18)24-4/h6-15,21H,5H2,1-4H3,(H,22,23)/t14-,15-/m1/s1. The number of nitrogens with one attached hydrogen (secondary N) is 2. The van der Waals surface area contributed by atoms with Gasteiger partial charge in [0, 0.05) is 5.69 Å². The van der Waals surface area contributed by atoms with Gasteiger partial charge < -0.3 is 15.4 Å². The van der Waals surface area contributed by atoms with Crippen molar-refractivity contribution >= 4 is 17.3 Å². The first-order valence-corrected chi connectivity index (χ1v) is 8.35. The first-order chi connectivity index (χ1) is 11.5. The molecule has 0 bridgehead atoms. The smallest absolute Gasteiger partial charge is 0.246 e. The van der Waals surface area contributed by atoms with E-state index in [-0.39, 0.29) is 11.9 Å². The number of carbonyl (C=O) groups excluding carboxylic acids is 1. The van der Waals surface area contributed by atoms with Gasteiger partial charge in [0.05, 0.1) is 12.8 Å². The van der Waals surface area contributed by atoms with E-state index in [9.17, 15) is 4.79 Å². The molecule has 0 saturated heterocycles. The molecular formula is C20H26N2O2. The van der Waals surface area contributed by atoms with Crippen LogP contribution < -0.4 is 15.4 Å². The van der Waals surface area contributed by atoms with Crippen LogP contribution >= 0.6 is 0 Å². The maximum atomic E-state index is 12.4. The Labute approximate surface area is 144 Å². The summed E-state index contributed by atoms with van der Waals surface area (Å²) in [5.74, 6) is 1.09. The van der Waals surface area contributed by atoms with Crippen molar-refractivity contribution in [3.05, 3.63) is 54.1 Å². The number of hydrogen-bond donors (Lipinski definition) is 2. The van der Waals surface area contributed by atoms with Crippen molar-refractivity contribution in [3.8, 4) is 5.75 Å². The summed E-state index contributed by atoms with van der Waals surface area (Å²) in [7, 11) is 1.59. The van der Waals surface area contributed by atoms with E-state index in [1.807, 2.05) is 43.3 Å². The van der Waals surface area contributed by atoms with Gasteiger partial charge in [-0.15, -0.1) is 0 Å². The first kappa shape index (κ1) is 17.9. The van der Waals surface area contributed by atoms with Crippen molar-refractivity contribution < 1.29 is 9.53 Å². The monoisotopic (exact) mass is 326 g/mol. The molecule has 2 N–H and O–H groups in total. The fourth-order valence-electron chi connectivity index (χ4n) is 2.45. The van der Waals surface area contributed by atoms with Crippen molar-refractivity contribution in [2.45, 2.75) is 39.2 Å². The van der Waals surface area contributed by atoms with E-state index in [0.29, 0.717) is 17.4 Å². The number of ether oxygens (including phenoxy) is 1. The van der Waals surface area contributed by atoms with Crippen molar-refractivity contribution in [1.82, 2.24) is 0 Å². The molecule has 0 saturated carbocycles. The lowest BCUT2D eigenvalue weighted by atomic mass is 9.98. The molecule has 1 amide bonds. The van der Waals surface area contributed by atoms with Gasteiger partial charge in [-0.25, -0.2) is 0 Å². The molecule has 0 aliphatic heterocycles. The Bertz CT molecular complexity index is 668. The predicted molar refractivity (Wildman–Crippen MR) is 99.9 cm³/mol. The summed E-state index contributed by atoms with van der Waals surface area (Å²) in [5, 5.41) is 6.12. The minimum atomic E-state index is -0.357. The van der Waals surface area contributed by atoms with Crippen LogP contribution in [-0.2, 0) is 4.79 Å². The van der Waals surface area contributed by atoms with E-state index in [1.165, 1.54) is 5.56 Å². The molecule has 0 aliphatic rings. The molecule has 24 heavy (non-hydrogen) atoms. The molecule has 4 heteroatoms. The lowest BCUT2D eigenvalue weighted by Gasteiger charge is -2.17. The Morgan fingerprint density at radius 3 is 2.38 bits per heavy atom. The van der Waals surface area contributed by atoms with Gasteiger partial charge in [0.25, 0.3) is 0 Å². The molecular weight excluding hydrogens is 300 g/mol. The molecule has 0 fully saturated rings. The summed E-state index contributed by atoms with van der Waals surface area (Å²) in [6.07, 6.45) is 1.12. The first-order valence-electron chi connectivity index (χ1n) is 8.35. The van der Waals surface area contributed by atoms with E-state index in [1.54, 1.807) is 7.11 Å². The molecule has 2 atom stereocenters. The largest absolute Gasteiger partial charge is 0.495 e. The Morgan fingerprint density at radius 1 is 1.08 bits per heavy atom. The zero-order valence-electron chi connectivity index (χ0n) is 14.8. The molecule has 128 valence electrons. The Balaban J connectivity index is 1.98. The van der Waals surface area contributed by atoms with Gasteiger partial charge in [-0.2, -0.15) is 0 Å². The van der Waals surface area contributed by atoms with Gasteiger partial charge in [-0.3, -0.25) is 4.79 Å². The van der Waals surface area contributed by atoms with Crippen LogP contribution in [0.2, 0.25) is 0 Å². The van der Waals surface area contributed by atoms with Crippen LogP contribution in [-0.4, -0.2) is 19.1 Å². The number of benzene rings is 2. The molecule has 0 spiro atoms. The lowest BCUT2D eigenvalue weighted by Crippen LogP contribution is -2.32. The molecule has 0 radical (unpaired) electrons. The molecule has 2 aromatic carbocycles. The van der Waals surface area contributed by atoms with Crippen molar-refractivity contribution in [2.24, 2.45) is 0 Å². The summed E-state index contributed by atoms with van der Waals surface area (Å²) >= 11 is 0. The Hall–Kier alpha value is -2.49. The van der Waals surface area contributed by atoms with Crippen molar-refractivity contribution in [2.75, 3.05) is 17.7 Å². The minimum absolute atomic E-state index is 0.106. The number of anilines is 2. The summed E-state index contributed by atoms with van der Waals surface area (Å²) in [5.41, 5.74) is 2.92. The molecule has 0 aromatic heterocycles. The average Bonchev–Trinajstić information content (AvgIpc) is 2.62. The molecule has 0 unspecified atom stereocenters. The summed E-state index contributed by atoms with van der Waals surface area (Å²) in [4.78, 5) is 12.4. The zero-order chi connectivity index (χ0) is 17.5. The van der Waals surface area contributed by atoms with Gasteiger partial charge in [0.1, 0.15) is 11.8 Å². The summed E-state index contributed by atoms with van der Waals surface area (Å²) < 4.78 is 5.26. The number of para-hydroxylation sites is 2. The van der Waals surface area contributed by atoms with Crippen LogP contribution in [0, 0.1) is 0 Å². The summed E-state index contributed by atoms with van der Waals surface area (Å²) in [6.45, 7) is 6.24. The Kier molecular flexibility index (Phi) is 6.24. The maximum Gasteiger partial charge on any atom is 0.246 e. The minimum Gasteiger partial charge on any atom is -0.495 e. The quantitative estimate of drug-likeness (QED) is 0.779. The van der Waals surface area contributed by atoms with E-state index in [0.717, 1.165) is 12.1 Å². The third-order valence-electron chi connectivity index (χ3n) is 4.23. The fraction of sp³-hybridized carbons (Fsp3) is 0.350. The van der Waals surface area contributed by atoms with Gasteiger partial charge in [-0.1, -0.05) is 38.1 Å². The highest BCUT2D eigenvalue weighted by Gasteiger charge is 2.14. The molecule has 0 heterocycles. The average molecular weight is 326 g/mol. The van der Waals surface area contributed by atoms with Crippen LogP contribution in [0.4, 0.5) is 11.4 Å². The SMILES string of the molecule is CC[C@@H](C)c1ccc(N[C@H](C)C(=O)Nc2ccccc2OC)cc1. The molecule has 2 aromatic rings. The third kappa shape index (κ3) is 4.51. The van der Waals surface area contributed by atoms with Crippen LogP contribution in [0.3, 0.4) is 0 Å². The highest BCUT2D eigenvalue weighted by molar-refractivity contribution is 5.97. The van der Waals surface area contributed by atoms with Crippen LogP contribution in [0.25, 0.3) is 0 Å². The van der Waals surface area contributed by atoms with Gasteiger partial charge in [-0.05, 0) is 49.1 Å². The third-order valence-corrected chi connectivity index (χ3v) is 4.23. The second-order valence-electron chi connectivity index (χ2n) is 5.99. The second kappa shape index (κ2) is 8.39. The highest BCUT2D eigenvalue weighted by Crippen LogP contribution is 2.24. The van der Waals surface area contributed by atoms with Gasteiger partial charge >= 0.3 is 0 Å². The normalized spacial score (nSPS) is 13.0. The number of methoxy groups -OCH3 is 1. The van der Waals surface area contributed by atoms with Crippen molar-refractivity contribution in [3.63, 3.8) is 0 Å². The van der Waals surface area contributed by atoms with Crippen LogP contribution in [0.1, 0.15) is 38.7 Å². The molecule has 0 aliphatic carbocycles.